The fraction of sp³-hybridized carbons (Fsp3) is 0.784. The Labute approximate surface area is 283 Å². The maximum absolute atomic E-state index is 13.4. The number of rotatable bonds is 20. The molecule has 9 unspecified atom stereocenters. The average Bonchev–Trinajstić information content (AvgIpc) is 3.78. The molecule has 1 amide bonds. The van der Waals surface area contributed by atoms with Crippen molar-refractivity contribution in [2.75, 3.05) is 34.3 Å². The van der Waals surface area contributed by atoms with Gasteiger partial charge in [-0.15, -0.1) is 0 Å². The van der Waals surface area contributed by atoms with Crippen molar-refractivity contribution in [3.05, 3.63) is 36.0 Å². The number of likely N-dealkylation sites (tertiary alicyclic amines) is 1. The van der Waals surface area contributed by atoms with Crippen LogP contribution in [-0.4, -0.2) is 120 Å². The quantitative estimate of drug-likeness (QED) is 0.0708. The number of hydrogen-bond donors (Lipinski definition) is 3. The van der Waals surface area contributed by atoms with Gasteiger partial charge in [0.15, 0.2) is 6.10 Å². The molecule has 47 heavy (non-hydrogen) atoms. The lowest BCUT2D eigenvalue weighted by Gasteiger charge is -2.38. The summed E-state index contributed by atoms with van der Waals surface area (Å²) in [7, 11) is 5.44. The number of nitrogens with zero attached hydrogens (tertiary/aromatic N) is 2. The Balaban J connectivity index is 2.07. The zero-order valence-corrected chi connectivity index (χ0v) is 30.4. The first kappa shape index (κ1) is 41.1. The lowest BCUT2D eigenvalue weighted by Crippen LogP contribution is -2.49. The minimum absolute atomic E-state index is 0.0195. The Morgan fingerprint density at radius 2 is 1.83 bits per heavy atom. The SMILES string of the molecule is CCC(O)C(C)C1OC1CC(C)(O)/C=C/C=C(\C)CC(C)/C=C/C(OC(=O)N(C)C1CCN(C)CC1)C(C)(CCC(O)CC=O)OC. The molecule has 0 radical (unpaired) electrons. The number of ether oxygens (including phenoxy) is 3. The van der Waals surface area contributed by atoms with Crippen LogP contribution in [0.5, 0.6) is 0 Å². The first-order valence-corrected chi connectivity index (χ1v) is 17.4. The van der Waals surface area contributed by atoms with Gasteiger partial charge in [-0.25, -0.2) is 4.79 Å². The van der Waals surface area contributed by atoms with Crippen molar-refractivity contribution in [3.8, 4) is 0 Å². The van der Waals surface area contributed by atoms with Crippen molar-refractivity contribution in [2.24, 2.45) is 11.8 Å². The number of aldehydes is 1. The van der Waals surface area contributed by atoms with Crippen LogP contribution in [0.4, 0.5) is 4.79 Å². The molecule has 2 saturated heterocycles. The smallest absolute Gasteiger partial charge is 0.410 e. The molecule has 3 N–H and O–H groups in total. The number of amides is 1. The van der Waals surface area contributed by atoms with Gasteiger partial charge in [0, 0.05) is 39.0 Å². The molecule has 2 aliphatic heterocycles. The van der Waals surface area contributed by atoms with Crippen molar-refractivity contribution < 1.29 is 39.1 Å². The maximum atomic E-state index is 13.4. The van der Waals surface area contributed by atoms with E-state index in [2.05, 4.69) is 18.9 Å². The number of allylic oxidation sites excluding steroid dienone is 4. The van der Waals surface area contributed by atoms with Gasteiger partial charge in [0.2, 0.25) is 0 Å². The summed E-state index contributed by atoms with van der Waals surface area (Å²) in [6.45, 7) is 13.6. The van der Waals surface area contributed by atoms with Crippen LogP contribution in [0.15, 0.2) is 36.0 Å². The molecule has 0 aliphatic carbocycles. The molecule has 0 bridgehead atoms. The molecule has 0 aromatic carbocycles. The van der Waals surface area contributed by atoms with E-state index in [0.717, 1.165) is 37.9 Å². The highest BCUT2D eigenvalue weighted by molar-refractivity contribution is 5.68. The molecule has 10 heteroatoms. The minimum Gasteiger partial charge on any atom is -0.439 e. The Hall–Kier alpha value is -2.08. The number of hydrogen-bond acceptors (Lipinski definition) is 9. The van der Waals surface area contributed by atoms with Gasteiger partial charge in [0.05, 0.1) is 30.0 Å². The second-order valence-corrected chi connectivity index (χ2v) is 14.5. The number of aliphatic hydroxyl groups excluding tert-OH is 2. The van der Waals surface area contributed by atoms with Crippen molar-refractivity contribution in [1.29, 1.82) is 0 Å². The number of carbonyl (C=O) groups excluding carboxylic acids is 2. The molecule has 9 atom stereocenters. The molecule has 0 saturated carbocycles. The molecular formula is C37H64N2O8. The summed E-state index contributed by atoms with van der Waals surface area (Å²) in [5.41, 5.74) is -0.823. The maximum Gasteiger partial charge on any atom is 0.410 e. The topological polar surface area (TPSA) is 132 Å². The first-order valence-electron chi connectivity index (χ1n) is 17.4. The summed E-state index contributed by atoms with van der Waals surface area (Å²) >= 11 is 0. The summed E-state index contributed by atoms with van der Waals surface area (Å²) < 4.78 is 17.8. The third-order valence-electron chi connectivity index (χ3n) is 10.0. The number of aliphatic hydroxyl groups is 3. The summed E-state index contributed by atoms with van der Waals surface area (Å²) in [5, 5.41) is 31.2. The molecular weight excluding hydrogens is 600 g/mol. The number of epoxide rings is 1. The highest BCUT2D eigenvalue weighted by atomic mass is 16.6. The van der Waals surface area contributed by atoms with Gasteiger partial charge in [0.1, 0.15) is 11.9 Å². The van der Waals surface area contributed by atoms with Crippen LogP contribution in [0, 0.1) is 11.8 Å². The standard InChI is InChI=1S/C37H64N2O8/c1-10-31(42)28(4)34-32(46-34)25-36(5,44)19-11-12-26(2)24-27(3)13-14-33(37(6,45-9)20-15-30(41)18-23-40)47-35(43)39(8)29-16-21-38(7)22-17-29/h11-14,19,23,27-34,41-42,44H,10,15-18,20-22,24-25H2,1-9H3/b14-13+,19-11+,26-12+. The number of carbonyl (C=O) groups is 2. The van der Waals surface area contributed by atoms with Gasteiger partial charge in [-0.2, -0.15) is 0 Å². The Bertz CT molecular complexity index is 1050. The Morgan fingerprint density at radius 1 is 1.17 bits per heavy atom. The lowest BCUT2D eigenvalue weighted by atomic mass is 9.89. The Kier molecular flexibility index (Phi) is 16.8. The molecule has 0 aromatic rings. The third-order valence-corrected chi connectivity index (χ3v) is 10.0. The number of methoxy groups -OCH3 is 1. The van der Waals surface area contributed by atoms with Crippen LogP contribution in [0.3, 0.4) is 0 Å². The van der Waals surface area contributed by atoms with Gasteiger partial charge >= 0.3 is 6.09 Å². The zero-order chi connectivity index (χ0) is 35.4. The van der Waals surface area contributed by atoms with Crippen LogP contribution >= 0.6 is 0 Å². The van der Waals surface area contributed by atoms with E-state index in [9.17, 15) is 24.9 Å². The second-order valence-electron chi connectivity index (χ2n) is 14.5. The highest BCUT2D eigenvalue weighted by Crippen LogP contribution is 2.37. The largest absolute Gasteiger partial charge is 0.439 e. The van der Waals surface area contributed by atoms with Crippen LogP contribution in [0.25, 0.3) is 0 Å². The molecule has 270 valence electrons. The molecule has 0 spiro atoms. The molecule has 0 aromatic heterocycles. The van der Waals surface area contributed by atoms with Crippen LogP contribution in [0.1, 0.15) is 92.9 Å². The fourth-order valence-corrected chi connectivity index (χ4v) is 6.34. The number of piperidine rings is 1. The van der Waals surface area contributed by atoms with Gasteiger partial charge in [-0.1, -0.05) is 50.6 Å². The molecule has 2 aliphatic rings. The molecule has 2 rings (SSSR count). The van der Waals surface area contributed by atoms with E-state index >= 15 is 0 Å². The van der Waals surface area contributed by atoms with E-state index in [1.54, 1.807) is 32.1 Å². The predicted molar refractivity (Wildman–Crippen MR) is 185 cm³/mol. The zero-order valence-electron chi connectivity index (χ0n) is 30.4. The fourth-order valence-electron chi connectivity index (χ4n) is 6.34. The van der Waals surface area contributed by atoms with Crippen molar-refractivity contribution >= 4 is 12.4 Å². The Morgan fingerprint density at radius 3 is 2.43 bits per heavy atom. The highest BCUT2D eigenvalue weighted by Gasteiger charge is 2.47. The van der Waals surface area contributed by atoms with E-state index in [1.807, 2.05) is 52.0 Å². The minimum atomic E-state index is -1.03. The van der Waals surface area contributed by atoms with Crippen molar-refractivity contribution in [2.45, 2.75) is 141 Å². The van der Waals surface area contributed by atoms with Crippen molar-refractivity contribution in [1.82, 2.24) is 9.80 Å². The molecule has 2 heterocycles. The summed E-state index contributed by atoms with van der Waals surface area (Å²) in [6, 6.07) is 0.0998. The van der Waals surface area contributed by atoms with E-state index in [0.29, 0.717) is 32.0 Å². The average molecular weight is 665 g/mol. The van der Waals surface area contributed by atoms with Gasteiger partial charge in [0.25, 0.3) is 0 Å². The van der Waals surface area contributed by atoms with E-state index < -0.39 is 35.6 Å². The lowest BCUT2D eigenvalue weighted by molar-refractivity contribution is -0.110. The van der Waals surface area contributed by atoms with E-state index in [1.165, 1.54) is 0 Å². The molecule has 2 fully saturated rings. The van der Waals surface area contributed by atoms with Gasteiger partial charge in [-0.05, 0) is 91.4 Å². The normalized spacial score (nSPS) is 25.5. The summed E-state index contributed by atoms with van der Waals surface area (Å²) in [4.78, 5) is 28.2. The first-order chi connectivity index (χ1) is 22.0. The summed E-state index contributed by atoms with van der Waals surface area (Å²) in [5.74, 6) is 0.155. The third kappa shape index (κ3) is 13.8. The van der Waals surface area contributed by atoms with Crippen molar-refractivity contribution in [3.63, 3.8) is 0 Å². The van der Waals surface area contributed by atoms with Crippen LogP contribution in [0.2, 0.25) is 0 Å². The van der Waals surface area contributed by atoms with Crippen LogP contribution in [-0.2, 0) is 19.0 Å². The predicted octanol–water partition coefficient (Wildman–Crippen LogP) is 5.05. The summed E-state index contributed by atoms with van der Waals surface area (Å²) in [6.07, 6.45) is 12.3. The van der Waals surface area contributed by atoms with Gasteiger partial charge < -0.3 is 44.1 Å². The molecule has 10 nitrogen and oxygen atoms in total. The van der Waals surface area contributed by atoms with Crippen LogP contribution < -0.4 is 0 Å². The monoisotopic (exact) mass is 664 g/mol. The second kappa shape index (κ2) is 19.2. The van der Waals surface area contributed by atoms with E-state index in [-0.39, 0.29) is 36.5 Å². The van der Waals surface area contributed by atoms with Gasteiger partial charge in [-0.3, -0.25) is 0 Å². The van der Waals surface area contributed by atoms with E-state index in [4.69, 9.17) is 14.2 Å².